The minimum absolute atomic E-state index is 0.209. The van der Waals surface area contributed by atoms with Gasteiger partial charge >= 0.3 is 18.1 Å². The van der Waals surface area contributed by atoms with E-state index in [2.05, 4.69) is 15.3 Å². The summed E-state index contributed by atoms with van der Waals surface area (Å²) >= 11 is 0. The second-order valence-corrected chi connectivity index (χ2v) is 8.21. The number of carboxylic acids is 1. The molecule has 1 saturated heterocycles. The highest BCUT2D eigenvalue weighted by Gasteiger charge is 2.74. The van der Waals surface area contributed by atoms with Crippen molar-refractivity contribution < 1.29 is 37.7 Å². The SMILES string of the molecule is C[C@]1(O)[C@@H](OC(=O)C2(C(F)(F)F)CCC2)CN2C(N)=NC(C(=O)O)C3N=C(N)NC321. The van der Waals surface area contributed by atoms with Gasteiger partial charge in [0.25, 0.3) is 0 Å². The van der Waals surface area contributed by atoms with Crippen LogP contribution in [-0.4, -0.2) is 81.1 Å². The van der Waals surface area contributed by atoms with E-state index in [0.29, 0.717) is 0 Å². The number of alkyl halides is 3. The molecule has 4 rings (SSSR count). The number of hydrogen-bond acceptors (Lipinski definition) is 10. The Kier molecular flexibility index (Phi) is 4.03. The quantitative estimate of drug-likeness (QED) is 0.330. The Morgan fingerprint density at radius 3 is 2.43 bits per heavy atom. The van der Waals surface area contributed by atoms with Gasteiger partial charge in [0.15, 0.2) is 35.1 Å². The van der Waals surface area contributed by atoms with Gasteiger partial charge in [-0.1, -0.05) is 6.42 Å². The van der Waals surface area contributed by atoms with E-state index in [-0.39, 0.29) is 24.9 Å². The van der Waals surface area contributed by atoms with Gasteiger partial charge in [-0.25, -0.2) is 14.8 Å². The summed E-state index contributed by atoms with van der Waals surface area (Å²) in [5.41, 5.74) is 5.15. The lowest BCUT2D eigenvalue weighted by molar-refractivity contribution is -0.260. The predicted octanol–water partition coefficient (Wildman–Crippen LogP) is -1.54. The summed E-state index contributed by atoms with van der Waals surface area (Å²) in [6.07, 6.45) is -6.86. The van der Waals surface area contributed by atoms with Gasteiger partial charge in [0.1, 0.15) is 11.6 Å². The highest BCUT2D eigenvalue weighted by atomic mass is 19.4. The molecule has 4 aliphatic rings. The molecule has 0 aromatic heterocycles. The molecule has 166 valence electrons. The number of nitrogens with zero attached hydrogens (tertiary/aromatic N) is 3. The number of esters is 1. The van der Waals surface area contributed by atoms with Crippen LogP contribution in [-0.2, 0) is 14.3 Å². The van der Waals surface area contributed by atoms with Crippen molar-refractivity contribution in [2.75, 3.05) is 6.54 Å². The highest BCUT2D eigenvalue weighted by Crippen LogP contribution is 2.55. The van der Waals surface area contributed by atoms with Crippen molar-refractivity contribution in [2.24, 2.45) is 26.9 Å². The van der Waals surface area contributed by atoms with E-state index >= 15 is 0 Å². The number of carbonyl (C=O) groups excluding carboxylic acids is 1. The van der Waals surface area contributed by atoms with E-state index in [9.17, 15) is 33.0 Å². The van der Waals surface area contributed by atoms with Crippen LogP contribution >= 0.6 is 0 Å². The fraction of sp³-hybridized carbons (Fsp3) is 0.750. The second-order valence-electron chi connectivity index (χ2n) is 8.21. The lowest BCUT2D eigenvalue weighted by Gasteiger charge is -2.49. The normalized spacial score (nSPS) is 39.1. The number of rotatable bonds is 3. The lowest BCUT2D eigenvalue weighted by atomic mass is 9.68. The number of nitrogens with one attached hydrogen (secondary N) is 1. The molecule has 1 aliphatic carbocycles. The van der Waals surface area contributed by atoms with Crippen LogP contribution < -0.4 is 16.8 Å². The molecule has 0 aromatic carbocycles. The molecule has 0 bridgehead atoms. The largest absolute Gasteiger partial charge is 0.480 e. The van der Waals surface area contributed by atoms with E-state index < -0.39 is 65.8 Å². The molecule has 5 atom stereocenters. The predicted molar refractivity (Wildman–Crippen MR) is 93.9 cm³/mol. The highest BCUT2D eigenvalue weighted by molar-refractivity contribution is 5.91. The van der Waals surface area contributed by atoms with Crippen LogP contribution in [0, 0.1) is 5.41 Å². The third kappa shape index (κ3) is 2.30. The molecule has 0 aromatic rings. The van der Waals surface area contributed by atoms with Crippen LogP contribution in [0.2, 0.25) is 0 Å². The molecule has 3 heterocycles. The summed E-state index contributed by atoms with van der Waals surface area (Å²) < 4.78 is 45.7. The van der Waals surface area contributed by atoms with Gasteiger partial charge in [-0.15, -0.1) is 0 Å². The van der Waals surface area contributed by atoms with Crippen molar-refractivity contribution in [3.8, 4) is 0 Å². The standard InChI is InChI=1S/C16H21F3N6O5/c1-13(29)6(30-10(28)14(3-2-4-14)16(17,18)19)5-25-12(21)22-7(9(26)27)8-15(13,25)24-11(20)23-8/h6-8,29H,2-5H2,1H3,(H2,21,22)(H,26,27)(H3,20,23,24)/t6-,7?,8?,13-,15?/m0/s1. The first kappa shape index (κ1) is 20.5. The molecule has 7 N–H and O–H groups in total. The number of carboxylic acid groups (broad SMARTS) is 1. The van der Waals surface area contributed by atoms with Crippen LogP contribution in [0.25, 0.3) is 0 Å². The van der Waals surface area contributed by atoms with Gasteiger partial charge in [0.05, 0.1) is 6.54 Å². The van der Waals surface area contributed by atoms with Gasteiger partial charge in [-0.3, -0.25) is 4.79 Å². The van der Waals surface area contributed by atoms with E-state index in [1.807, 2.05) is 0 Å². The molecule has 11 nitrogen and oxygen atoms in total. The summed E-state index contributed by atoms with van der Waals surface area (Å²) in [5.74, 6) is -3.39. The monoisotopic (exact) mass is 434 g/mol. The first-order valence-corrected chi connectivity index (χ1v) is 9.23. The van der Waals surface area contributed by atoms with Gasteiger partial charge in [-0.05, 0) is 19.8 Å². The maximum atomic E-state index is 13.5. The van der Waals surface area contributed by atoms with Gasteiger partial charge in [0.2, 0.25) is 0 Å². The van der Waals surface area contributed by atoms with E-state index in [4.69, 9.17) is 16.2 Å². The molecule has 0 radical (unpaired) electrons. The average molecular weight is 434 g/mol. The number of aliphatic carboxylic acids is 1. The maximum Gasteiger partial charge on any atom is 0.404 e. The Bertz CT molecular complexity index is 870. The third-order valence-electron chi connectivity index (χ3n) is 6.69. The second kappa shape index (κ2) is 5.89. The zero-order valence-electron chi connectivity index (χ0n) is 15.8. The Morgan fingerprint density at radius 1 is 1.30 bits per heavy atom. The number of nitrogens with two attached hydrogens (primary N) is 2. The summed E-state index contributed by atoms with van der Waals surface area (Å²) in [6.45, 7) is 0.873. The molecule has 30 heavy (non-hydrogen) atoms. The number of halogens is 3. The number of hydrogen-bond donors (Lipinski definition) is 5. The molecule has 3 aliphatic heterocycles. The van der Waals surface area contributed by atoms with Gasteiger partial charge in [-0.2, -0.15) is 13.2 Å². The topological polar surface area (TPSA) is 176 Å². The smallest absolute Gasteiger partial charge is 0.404 e. The van der Waals surface area contributed by atoms with Crippen LogP contribution in [0.15, 0.2) is 9.98 Å². The number of guanidine groups is 2. The Balaban J connectivity index is 1.70. The molecule has 14 heteroatoms. The summed E-state index contributed by atoms with van der Waals surface area (Å²) in [4.78, 5) is 33.4. The van der Waals surface area contributed by atoms with Crippen LogP contribution in [0.4, 0.5) is 13.2 Å². The Morgan fingerprint density at radius 2 is 1.93 bits per heavy atom. The van der Waals surface area contributed by atoms with E-state index in [1.54, 1.807) is 0 Å². The summed E-state index contributed by atoms with van der Waals surface area (Å²) in [5, 5.41) is 23.6. The summed E-state index contributed by atoms with van der Waals surface area (Å²) in [7, 11) is 0. The average Bonchev–Trinajstić information content (AvgIpc) is 3.01. The van der Waals surface area contributed by atoms with Crippen molar-refractivity contribution >= 4 is 23.9 Å². The fourth-order valence-corrected chi connectivity index (χ4v) is 4.78. The maximum absolute atomic E-state index is 13.5. The minimum Gasteiger partial charge on any atom is -0.480 e. The van der Waals surface area contributed by atoms with Crippen molar-refractivity contribution in [2.45, 2.75) is 61.8 Å². The minimum atomic E-state index is -4.80. The number of carbonyl (C=O) groups is 2. The van der Waals surface area contributed by atoms with Crippen molar-refractivity contribution in [3.63, 3.8) is 0 Å². The number of aliphatic hydroxyl groups is 1. The zero-order chi connectivity index (χ0) is 22.3. The van der Waals surface area contributed by atoms with E-state index in [1.165, 1.54) is 11.8 Å². The van der Waals surface area contributed by atoms with Crippen molar-refractivity contribution in [1.29, 1.82) is 0 Å². The zero-order valence-corrected chi connectivity index (χ0v) is 15.8. The van der Waals surface area contributed by atoms with Gasteiger partial charge in [0, 0.05) is 0 Å². The third-order valence-corrected chi connectivity index (χ3v) is 6.69. The lowest BCUT2D eigenvalue weighted by Crippen LogP contribution is -2.77. The molecular weight excluding hydrogens is 413 g/mol. The van der Waals surface area contributed by atoms with Crippen LogP contribution in [0.1, 0.15) is 26.2 Å². The molecule has 0 amide bonds. The molecule has 2 fully saturated rings. The number of ether oxygens (including phenoxy) is 1. The molecular formula is C16H21F3N6O5. The molecule has 1 spiro atoms. The van der Waals surface area contributed by atoms with Crippen molar-refractivity contribution in [3.05, 3.63) is 0 Å². The fourth-order valence-electron chi connectivity index (χ4n) is 4.78. The first-order chi connectivity index (χ1) is 13.8. The Labute approximate surface area is 167 Å². The van der Waals surface area contributed by atoms with Crippen LogP contribution in [0.3, 0.4) is 0 Å². The molecule has 1 saturated carbocycles. The molecule has 3 unspecified atom stereocenters. The van der Waals surface area contributed by atoms with E-state index in [0.717, 1.165) is 0 Å². The van der Waals surface area contributed by atoms with Gasteiger partial charge < -0.3 is 36.6 Å². The summed E-state index contributed by atoms with van der Waals surface area (Å²) in [6, 6.07) is -2.77. The van der Waals surface area contributed by atoms with Crippen molar-refractivity contribution in [1.82, 2.24) is 10.2 Å². The first-order valence-electron chi connectivity index (χ1n) is 9.23. The van der Waals surface area contributed by atoms with Crippen LogP contribution in [0.5, 0.6) is 0 Å². The number of aliphatic imine (C=N–C) groups is 2. The Hall–Kier alpha value is -2.77.